The van der Waals surface area contributed by atoms with Crippen LogP contribution < -0.4 is 4.74 Å². The van der Waals surface area contributed by atoms with Crippen molar-refractivity contribution in [3.63, 3.8) is 0 Å². The molecule has 0 bridgehead atoms. The second kappa shape index (κ2) is 6.72. The molecule has 1 aromatic carbocycles. The van der Waals surface area contributed by atoms with Crippen LogP contribution >= 0.6 is 0 Å². The molecule has 0 amide bonds. The summed E-state index contributed by atoms with van der Waals surface area (Å²) in [6.45, 7) is 5.67. The van der Waals surface area contributed by atoms with Crippen LogP contribution in [-0.4, -0.2) is 39.5 Å². The van der Waals surface area contributed by atoms with Gasteiger partial charge in [-0.05, 0) is 44.0 Å². The SMILES string of the molecule is COc1cccc([C@@H]2C[C@@H](O)CN2Cc2ccn(C(C)C)n2)c1. The summed E-state index contributed by atoms with van der Waals surface area (Å²) < 4.78 is 7.30. The molecule has 1 saturated heterocycles. The van der Waals surface area contributed by atoms with Crippen LogP contribution in [-0.2, 0) is 6.54 Å². The first-order valence-corrected chi connectivity index (χ1v) is 8.17. The molecular weight excluding hydrogens is 290 g/mol. The molecule has 1 aliphatic heterocycles. The molecule has 5 heteroatoms. The summed E-state index contributed by atoms with van der Waals surface area (Å²) in [4.78, 5) is 2.30. The maximum atomic E-state index is 10.1. The van der Waals surface area contributed by atoms with E-state index in [-0.39, 0.29) is 12.1 Å². The minimum Gasteiger partial charge on any atom is -0.497 e. The van der Waals surface area contributed by atoms with Gasteiger partial charge in [0.1, 0.15) is 5.75 Å². The normalized spacial score (nSPS) is 22.0. The van der Waals surface area contributed by atoms with Crippen LogP contribution in [0.25, 0.3) is 0 Å². The zero-order chi connectivity index (χ0) is 16.4. The number of β-amino-alcohol motifs (C(OH)–C–C–N with tert-alkyl or cyclic N) is 1. The number of methoxy groups -OCH3 is 1. The Morgan fingerprint density at radius 3 is 2.87 bits per heavy atom. The summed E-state index contributed by atoms with van der Waals surface area (Å²) in [6.07, 6.45) is 2.48. The fourth-order valence-corrected chi connectivity index (χ4v) is 3.21. The zero-order valence-electron chi connectivity index (χ0n) is 14.0. The first kappa shape index (κ1) is 16.0. The van der Waals surface area contributed by atoms with E-state index in [4.69, 9.17) is 4.74 Å². The lowest BCUT2D eigenvalue weighted by atomic mass is 10.0. The molecule has 124 valence electrons. The second-order valence-electron chi connectivity index (χ2n) is 6.49. The molecule has 2 aromatic rings. The Morgan fingerprint density at radius 1 is 1.35 bits per heavy atom. The number of ether oxygens (including phenoxy) is 1. The van der Waals surface area contributed by atoms with E-state index in [0.717, 1.165) is 24.4 Å². The van der Waals surface area contributed by atoms with Crippen molar-refractivity contribution in [2.75, 3.05) is 13.7 Å². The van der Waals surface area contributed by atoms with Gasteiger partial charge in [-0.2, -0.15) is 5.10 Å². The van der Waals surface area contributed by atoms with Crippen molar-refractivity contribution in [1.82, 2.24) is 14.7 Å². The molecule has 1 N–H and O–H groups in total. The molecule has 0 aliphatic carbocycles. The molecule has 23 heavy (non-hydrogen) atoms. The smallest absolute Gasteiger partial charge is 0.119 e. The molecule has 2 atom stereocenters. The Morgan fingerprint density at radius 2 is 2.17 bits per heavy atom. The molecule has 0 saturated carbocycles. The summed E-state index contributed by atoms with van der Waals surface area (Å²) in [6, 6.07) is 10.7. The quantitative estimate of drug-likeness (QED) is 0.922. The van der Waals surface area contributed by atoms with Gasteiger partial charge in [-0.3, -0.25) is 9.58 Å². The van der Waals surface area contributed by atoms with Gasteiger partial charge in [0.25, 0.3) is 0 Å². The number of hydrogen-bond donors (Lipinski definition) is 1. The van der Waals surface area contributed by atoms with Gasteiger partial charge in [-0.25, -0.2) is 0 Å². The fourth-order valence-electron chi connectivity index (χ4n) is 3.21. The van der Waals surface area contributed by atoms with Crippen molar-refractivity contribution in [3.8, 4) is 5.75 Å². The number of benzene rings is 1. The highest BCUT2D eigenvalue weighted by Gasteiger charge is 2.32. The largest absolute Gasteiger partial charge is 0.497 e. The summed E-state index contributed by atoms with van der Waals surface area (Å²) in [5.74, 6) is 0.855. The first-order valence-electron chi connectivity index (χ1n) is 8.17. The maximum Gasteiger partial charge on any atom is 0.119 e. The lowest BCUT2D eigenvalue weighted by molar-refractivity contribution is 0.172. The van der Waals surface area contributed by atoms with E-state index >= 15 is 0 Å². The van der Waals surface area contributed by atoms with Gasteiger partial charge in [-0.1, -0.05) is 12.1 Å². The van der Waals surface area contributed by atoms with Crippen LogP contribution in [0.1, 0.15) is 43.6 Å². The van der Waals surface area contributed by atoms with E-state index in [9.17, 15) is 5.11 Å². The number of aliphatic hydroxyl groups is 1. The molecule has 2 heterocycles. The lowest BCUT2D eigenvalue weighted by Gasteiger charge is -2.24. The van der Waals surface area contributed by atoms with E-state index in [2.05, 4.69) is 42.0 Å². The number of hydrogen-bond acceptors (Lipinski definition) is 4. The highest BCUT2D eigenvalue weighted by atomic mass is 16.5. The number of nitrogens with zero attached hydrogens (tertiary/aromatic N) is 3. The third-order valence-corrected chi connectivity index (χ3v) is 4.42. The van der Waals surface area contributed by atoms with Gasteiger partial charge >= 0.3 is 0 Å². The number of rotatable bonds is 5. The Kier molecular flexibility index (Phi) is 4.68. The molecule has 0 spiro atoms. The first-order chi connectivity index (χ1) is 11.1. The molecule has 3 rings (SSSR count). The van der Waals surface area contributed by atoms with Crippen molar-refractivity contribution in [3.05, 3.63) is 47.8 Å². The predicted molar refractivity (Wildman–Crippen MR) is 89.4 cm³/mol. The van der Waals surface area contributed by atoms with E-state index in [1.807, 2.05) is 23.0 Å². The fraction of sp³-hybridized carbons (Fsp3) is 0.500. The van der Waals surface area contributed by atoms with Gasteiger partial charge < -0.3 is 9.84 Å². The summed E-state index contributed by atoms with van der Waals surface area (Å²) >= 11 is 0. The van der Waals surface area contributed by atoms with Crippen LogP contribution in [0.2, 0.25) is 0 Å². The topological polar surface area (TPSA) is 50.5 Å². The molecule has 1 aliphatic rings. The van der Waals surface area contributed by atoms with E-state index in [1.165, 1.54) is 5.56 Å². The van der Waals surface area contributed by atoms with Crippen molar-refractivity contribution < 1.29 is 9.84 Å². The van der Waals surface area contributed by atoms with Gasteiger partial charge in [0.05, 0.1) is 18.9 Å². The lowest BCUT2D eigenvalue weighted by Crippen LogP contribution is -2.24. The van der Waals surface area contributed by atoms with E-state index in [1.54, 1.807) is 7.11 Å². The Hall–Kier alpha value is -1.85. The number of aromatic nitrogens is 2. The highest BCUT2D eigenvalue weighted by molar-refractivity contribution is 5.31. The van der Waals surface area contributed by atoms with Gasteiger partial charge in [-0.15, -0.1) is 0 Å². The number of likely N-dealkylation sites (tertiary alicyclic amines) is 1. The van der Waals surface area contributed by atoms with Crippen LogP contribution in [0, 0.1) is 0 Å². The van der Waals surface area contributed by atoms with Crippen molar-refractivity contribution >= 4 is 0 Å². The van der Waals surface area contributed by atoms with Crippen molar-refractivity contribution in [2.24, 2.45) is 0 Å². The van der Waals surface area contributed by atoms with E-state index in [0.29, 0.717) is 12.6 Å². The number of aliphatic hydroxyl groups excluding tert-OH is 1. The average molecular weight is 315 g/mol. The summed E-state index contributed by atoms with van der Waals surface area (Å²) in [7, 11) is 1.68. The Labute approximate surface area is 137 Å². The summed E-state index contributed by atoms with van der Waals surface area (Å²) in [5.41, 5.74) is 2.23. The monoisotopic (exact) mass is 315 g/mol. The van der Waals surface area contributed by atoms with Gasteiger partial charge in [0, 0.05) is 31.4 Å². The molecule has 0 unspecified atom stereocenters. The van der Waals surface area contributed by atoms with Crippen LogP contribution in [0.4, 0.5) is 0 Å². The third-order valence-electron chi connectivity index (χ3n) is 4.42. The predicted octanol–water partition coefficient (Wildman–Crippen LogP) is 2.78. The van der Waals surface area contributed by atoms with Gasteiger partial charge in [0.2, 0.25) is 0 Å². The molecule has 1 fully saturated rings. The maximum absolute atomic E-state index is 10.1. The third kappa shape index (κ3) is 3.57. The van der Waals surface area contributed by atoms with Crippen LogP contribution in [0.3, 0.4) is 0 Å². The zero-order valence-corrected chi connectivity index (χ0v) is 14.0. The minimum atomic E-state index is -0.293. The van der Waals surface area contributed by atoms with Crippen molar-refractivity contribution in [1.29, 1.82) is 0 Å². The van der Waals surface area contributed by atoms with Gasteiger partial charge in [0.15, 0.2) is 0 Å². The van der Waals surface area contributed by atoms with Crippen LogP contribution in [0.15, 0.2) is 36.5 Å². The molecule has 5 nitrogen and oxygen atoms in total. The minimum absolute atomic E-state index is 0.198. The van der Waals surface area contributed by atoms with Crippen molar-refractivity contribution in [2.45, 2.75) is 45.0 Å². The van der Waals surface area contributed by atoms with Crippen LogP contribution in [0.5, 0.6) is 5.75 Å². The Bertz CT molecular complexity index is 653. The molecule has 1 aromatic heterocycles. The molecular formula is C18H25N3O2. The standard InChI is InChI=1S/C18H25N3O2/c1-13(2)21-8-7-15(19-21)11-20-12-16(22)10-18(20)14-5-4-6-17(9-14)23-3/h4-9,13,16,18,22H,10-12H2,1-3H3/t16-,18+/m1/s1. The summed E-state index contributed by atoms with van der Waals surface area (Å²) in [5, 5.41) is 14.8. The highest BCUT2D eigenvalue weighted by Crippen LogP contribution is 2.34. The molecule has 0 radical (unpaired) electrons. The average Bonchev–Trinajstić information content (AvgIpc) is 3.14. The second-order valence-corrected chi connectivity index (χ2v) is 6.49. The Balaban J connectivity index is 1.78. The van der Waals surface area contributed by atoms with E-state index < -0.39 is 0 Å².